The quantitative estimate of drug-likeness (QED) is 0.171. The highest BCUT2D eigenvalue weighted by molar-refractivity contribution is 6.11. The lowest BCUT2D eigenvalue weighted by Crippen LogP contribution is -2.31. The van der Waals surface area contributed by atoms with E-state index in [4.69, 9.17) is 0 Å². The van der Waals surface area contributed by atoms with Crippen molar-refractivity contribution >= 4 is 66.4 Å². The predicted molar refractivity (Wildman–Crippen MR) is 263 cm³/mol. The number of anilines is 6. The van der Waals surface area contributed by atoms with Gasteiger partial charge in [0.1, 0.15) is 0 Å². The van der Waals surface area contributed by atoms with Crippen LogP contribution in [0.2, 0.25) is 0 Å². The largest absolute Gasteiger partial charge is 0.308 e. The lowest BCUT2D eigenvalue weighted by Gasteiger charge is -2.44. The highest BCUT2D eigenvalue weighted by Crippen LogP contribution is 2.58. The van der Waals surface area contributed by atoms with E-state index in [1.165, 1.54) is 88.2 Å². The van der Waals surface area contributed by atoms with E-state index in [9.17, 15) is 0 Å². The van der Waals surface area contributed by atoms with Gasteiger partial charge < -0.3 is 9.80 Å². The predicted octanol–water partition coefficient (Wildman–Crippen LogP) is 16.7. The fraction of sp³-hybridized carbons (Fsp3) is 0.100. The molecular formula is C60H46N2. The van der Waals surface area contributed by atoms with Crippen molar-refractivity contribution < 1.29 is 0 Å². The summed E-state index contributed by atoms with van der Waals surface area (Å²) in [5.74, 6) is 0. The van der Waals surface area contributed by atoms with Crippen LogP contribution in [0.4, 0.5) is 34.1 Å². The molecule has 0 radical (unpaired) electrons. The molecule has 1 aliphatic heterocycles. The molecule has 0 fully saturated rings. The van der Waals surface area contributed by atoms with E-state index in [2.05, 4.69) is 244 Å². The molecule has 0 unspecified atom stereocenters. The van der Waals surface area contributed by atoms with Crippen LogP contribution in [0.5, 0.6) is 0 Å². The van der Waals surface area contributed by atoms with Crippen molar-refractivity contribution in [2.45, 2.75) is 38.5 Å². The van der Waals surface area contributed by atoms with Crippen molar-refractivity contribution in [3.05, 3.63) is 229 Å². The molecule has 0 atom stereocenters. The smallest absolute Gasteiger partial charge is 0.0781 e. The Hall–Kier alpha value is -7.42. The second-order valence-corrected chi connectivity index (χ2v) is 18.2. The third-order valence-corrected chi connectivity index (χ3v) is 14.0. The van der Waals surface area contributed by atoms with Gasteiger partial charge in [0.2, 0.25) is 0 Å². The van der Waals surface area contributed by atoms with E-state index >= 15 is 0 Å². The van der Waals surface area contributed by atoms with Crippen LogP contribution in [0.1, 0.15) is 49.9 Å². The molecule has 0 amide bonds. The molecule has 2 aliphatic rings. The second kappa shape index (κ2) is 13.5. The number of hydrogen-bond donors (Lipinski definition) is 0. The van der Waals surface area contributed by atoms with Crippen LogP contribution >= 0.6 is 0 Å². The molecule has 0 saturated carbocycles. The van der Waals surface area contributed by atoms with E-state index in [1.54, 1.807) is 0 Å². The van der Waals surface area contributed by atoms with Crippen LogP contribution in [0.25, 0.3) is 54.6 Å². The van der Waals surface area contributed by atoms with Crippen molar-refractivity contribution in [1.82, 2.24) is 0 Å². The number of fused-ring (bicyclic) bond motifs is 8. The van der Waals surface area contributed by atoms with Crippen LogP contribution in [0.15, 0.2) is 206 Å². The van der Waals surface area contributed by atoms with E-state index in [0.717, 1.165) is 22.7 Å². The van der Waals surface area contributed by atoms with Gasteiger partial charge in [-0.2, -0.15) is 0 Å². The monoisotopic (exact) mass is 794 g/mol. The van der Waals surface area contributed by atoms with Gasteiger partial charge in [0.05, 0.1) is 28.4 Å². The molecule has 0 spiro atoms. The number of rotatable bonds is 5. The number of para-hydroxylation sites is 1. The molecule has 1 heterocycles. The lowest BCUT2D eigenvalue weighted by molar-refractivity contribution is 0.632. The standard InChI is InChI=1S/C60H46N2/c1-59(2)50-24-12-11-23-48(50)49-33-32-45(38-53(49)59)61(54-27-15-20-40-17-7-9-21-46(40)54)56-35-31-41-18-8-10-22-47(41)58(56)62-55-26-14-13-25-51(55)60(3,4)52-34-30-44(37-57(52)62)43-29-28-39-16-5-6-19-42(39)36-43/h5-38H,1-4H3. The van der Waals surface area contributed by atoms with Gasteiger partial charge in [-0.15, -0.1) is 0 Å². The van der Waals surface area contributed by atoms with Gasteiger partial charge in [0.15, 0.2) is 0 Å². The molecule has 10 aromatic rings. The van der Waals surface area contributed by atoms with Crippen LogP contribution in [-0.4, -0.2) is 0 Å². The summed E-state index contributed by atoms with van der Waals surface area (Å²) in [6, 6.07) is 77.0. The first kappa shape index (κ1) is 36.4. The second-order valence-electron chi connectivity index (χ2n) is 18.2. The Balaban J connectivity index is 1.17. The Morgan fingerprint density at radius 3 is 1.77 bits per heavy atom. The summed E-state index contributed by atoms with van der Waals surface area (Å²) in [6.07, 6.45) is 0. The van der Waals surface area contributed by atoms with E-state index in [1.807, 2.05) is 0 Å². The number of benzene rings is 10. The Bertz CT molecular complexity index is 3440. The van der Waals surface area contributed by atoms with Gasteiger partial charge in [0.25, 0.3) is 0 Å². The Kier molecular flexibility index (Phi) is 7.96. The molecule has 296 valence electrons. The first-order valence-electron chi connectivity index (χ1n) is 21.8. The zero-order valence-corrected chi connectivity index (χ0v) is 35.5. The zero-order chi connectivity index (χ0) is 41.7. The van der Waals surface area contributed by atoms with Gasteiger partial charge in [-0.1, -0.05) is 191 Å². The molecule has 2 nitrogen and oxygen atoms in total. The summed E-state index contributed by atoms with van der Waals surface area (Å²) in [6.45, 7) is 9.52. The van der Waals surface area contributed by atoms with Crippen molar-refractivity contribution in [3.63, 3.8) is 0 Å². The summed E-state index contributed by atoms with van der Waals surface area (Å²) in [7, 11) is 0. The van der Waals surface area contributed by atoms with Crippen molar-refractivity contribution in [2.24, 2.45) is 0 Å². The average Bonchev–Trinajstić information content (AvgIpc) is 3.54. The minimum Gasteiger partial charge on any atom is -0.308 e. The maximum atomic E-state index is 2.59. The first-order chi connectivity index (χ1) is 30.3. The molecule has 1 aliphatic carbocycles. The van der Waals surface area contributed by atoms with E-state index < -0.39 is 0 Å². The molecule has 0 saturated heterocycles. The van der Waals surface area contributed by atoms with Crippen molar-refractivity contribution in [1.29, 1.82) is 0 Å². The summed E-state index contributed by atoms with van der Waals surface area (Å²) < 4.78 is 0. The van der Waals surface area contributed by atoms with Crippen LogP contribution in [0.3, 0.4) is 0 Å². The normalized spacial score (nSPS) is 14.4. The maximum Gasteiger partial charge on any atom is 0.0781 e. The Labute approximate surface area is 364 Å². The van der Waals surface area contributed by atoms with Crippen LogP contribution in [0, 0.1) is 0 Å². The molecule has 62 heavy (non-hydrogen) atoms. The first-order valence-corrected chi connectivity index (χ1v) is 21.8. The van der Waals surface area contributed by atoms with Crippen molar-refractivity contribution in [2.75, 3.05) is 9.80 Å². The number of hydrogen-bond acceptors (Lipinski definition) is 2. The summed E-state index contributed by atoms with van der Waals surface area (Å²) in [4.78, 5) is 5.13. The maximum absolute atomic E-state index is 2.59. The fourth-order valence-electron chi connectivity index (χ4n) is 10.8. The van der Waals surface area contributed by atoms with Crippen LogP contribution < -0.4 is 9.80 Å². The minimum absolute atomic E-state index is 0.159. The minimum atomic E-state index is -0.245. The molecular weight excluding hydrogens is 749 g/mol. The SMILES string of the molecule is CC1(C)c2ccccc2-c2ccc(N(c3ccc4ccccc4c3N3c4ccccc4C(C)(C)c4ccc(-c5ccc6ccccc6c5)cc43)c3cccc4ccccc34)cc21. The van der Waals surface area contributed by atoms with Crippen LogP contribution in [-0.2, 0) is 10.8 Å². The van der Waals surface area contributed by atoms with Gasteiger partial charge in [-0.25, -0.2) is 0 Å². The third-order valence-electron chi connectivity index (χ3n) is 14.0. The molecule has 0 aromatic heterocycles. The molecule has 12 rings (SSSR count). The fourth-order valence-corrected chi connectivity index (χ4v) is 10.8. The van der Waals surface area contributed by atoms with Gasteiger partial charge in [0, 0.05) is 27.3 Å². The zero-order valence-electron chi connectivity index (χ0n) is 35.5. The van der Waals surface area contributed by atoms with Gasteiger partial charge in [-0.3, -0.25) is 0 Å². The molecule has 0 bridgehead atoms. The van der Waals surface area contributed by atoms with E-state index in [0.29, 0.717) is 0 Å². The van der Waals surface area contributed by atoms with Gasteiger partial charge >= 0.3 is 0 Å². The van der Waals surface area contributed by atoms with E-state index in [-0.39, 0.29) is 10.8 Å². The van der Waals surface area contributed by atoms with Gasteiger partial charge in [-0.05, 0) is 109 Å². The highest BCUT2D eigenvalue weighted by atomic mass is 15.2. The van der Waals surface area contributed by atoms with Crippen molar-refractivity contribution in [3.8, 4) is 22.3 Å². The Morgan fingerprint density at radius 1 is 0.355 bits per heavy atom. The third kappa shape index (κ3) is 5.36. The lowest BCUT2D eigenvalue weighted by atomic mass is 9.73. The summed E-state index contributed by atoms with van der Waals surface area (Å²) in [5, 5.41) is 7.30. The molecule has 10 aromatic carbocycles. The highest BCUT2D eigenvalue weighted by Gasteiger charge is 2.40. The topological polar surface area (TPSA) is 6.48 Å². The summed E-state index contributed by atoms with van der Waals surface area (Å²) >= 11 is 0. The molecule has 2 heteroatoms. The number of nitrogens with zero attached hydrogens (tertiary/aromatic N) is 2. The Morgan fingerprint density at radius 2 is 0.935 bits per heavy atom. The average molecular weight is 795 g/mol. The summed E-state index contributed by atoms with van der Waals surface area (Å²) in [5.41, 5.74) is 16.9. The molecule has 0 N–H and O–H groups in total.